The minimum absolute atomic E-state index is 0.0272. The highest BCUT2D eigenvalue weighted by atomic mass is 32.2. The molecule has 2 aromatic rings. The Morgan fingerprint density at radius 1 is 1.37 bits per heavy atom. The number of benzene rings is 1. The third-order valence-corrected chi connectivity index (χ3v) is 5.97. The molecule has 6 nitrogen and oxygen atoms in total. The second-order valence-electron chi connectivity index (χ2n) is 6.60. The second-order valence-corrected chi connectivity index (χ2v) is 8.70. The summed E-state index contributed by atoms with van der Waals surface area (Å²) in [4.78, 5) is 34.2. The maximum absolute atomic E-state index is 12.2. The first-order chi connectivity index (χ1) is 13.0. The normalized spacial score (nSPS) is 19.6. The van der Waals surface area contributed by atoms with E-state index < -0.39 is 0 Å². The van der Waals surface area contributed by atoms with Crippen molar-refractivity contribution in [3.05, 3.63) is 45.3 Å². The van der Waals surface area contributed by atoms with Crippen molar-refractivity contribution in [2.45, 2.75) is 26.7 Å². The van der Waals surface area contributed by atoms with Crippen LogP contribution in [0.25, 0.3) is 6.08 Å². The third-order valence-electron chi connectivity index (χ3n) is 4.20. The first-order valence-electron chi connectivity index (χ1n) is 8.61. The molecule has 1 aromatic carbocycles. The molecular weight excluding hydrogens is 380 g/mol. The lowest BCUT2D eigenvalue weighted by molar-refractivity contribution is -0.117. The second kappa shape index (κ2) is 7.28. The number of hydrogen-bond donors (Lipinski definition) is 2. The highest BCUT2D eigenvalue weighted by Crippen LogP contribution is 2.33. The van der Waals surface area contributed by atoms with Gasteiger partial charge in [0.25, 0.3) is 5.91 Å². The summed E-state index contributed by atoms with van der Waals surface area (Å²) in [6, 6.07) is 6.01. The molecule has 2 aliphatic rings. The fourth-order valence-electron chi connectivity index (χ4n) is 2.61. The molecule has 1 aromatic heterocycles. The number of anilines is 1. The number of carbonyl (C=O) groups is 2. The molecule has 1 saturated heterocycles. The Morgan fingerprint density at radius 2 is 2.19 bits per heavy atom. The first kappa shape index (κ1) is 17.9. The summed E-state index contributed by atoms with van der Waals surface area (Å²) < 4.78 is 0. The standard InChI is InChI=1S/C19H18N4O2S2/c1-10-3-6-14(11(2)7-10)21-19-23-17(25)15(27-19)8-13-9-20-18(26-13)22-16(24)12-4-5-12/h3,6-9,12H,4-5H2,1-2H3,(H,20,22,24)(H,21,23,25)/b15-8-. The topological polar surface area (TPSA) is 83.4 Å². The number of thiazole rings is 1. The van der Waals surface area contributed by atoms with Gasteiger partial charge in [-0.05, 0) is 56.2 Å². The molecule has 0 atom stereocenters. The van der Waals surface area contributed by atoms with Crippen molar-refractivity contribution >= 4 is 57.0 Å². The molecular formula is C19H18N4O2S2. The van der Waals surface area contributed by atoms with E-state index in [2.05, 4.69) is 26.7 Å². The zero-order valence-corrected chi connectivity index (χ0v) is 16.5. The van der Waals surface area contributed by atoms with Crippen molar-refractivity contribution in [3.63, 3.8) is 0 Å². The highest BCUT2D eigenvalue weighted by molar-refractivity contribution is 8.18. The summed E-state index contributed by atoms with van der Waals surface area (Å²) >= 11 is 2.65. The summed E-state index contributed by atoms with van der Waals surface area (Å²) in [6.45, 7) is 4.03. The molecule has 8 heteroatoms. The molecule has 4 rings (SSSR count). The fourth-order valence-corrected chi connectivity index (χ4v) is 4.28. The number of hydrogen-bond acceptors (Lipinski definition) is 6. The Morgan fingerprint density at radius 3 is 2.93 bits per heavy atom. The van der Waals surface area contributed by atoms with Gasteiger partial charge in [-0.3, -0.25) is 9.59 Å². The van der Waals surface area contributed by atoms with E-state index in [1.54, 1.807) is 12.3 Å². The Bertz CT molecular complexity index is 989. The number of carbonyl (C=O) groups excluding carboxylic acids is 2. The molecule has 0 bridgehead atoms. The van der Waals surface area contributed by atoms with Crippen LogP contribution in [0.1, 0.15) is 28.8 Å². The van der Waals surface area contributed by atoms with Gasteiger partial charge in [-0.15, -0.1) is 0 Å². The Hall–Kier alpha value is -2.45. The van der Waals surface area contributed by atoms with Gasteiger partial charge in [0, 0.05) is 12.1 Å². The quantitative estimate of drug-likeness (QED) is 0.763. The van der Waals surface area contributed by atoms with E-state index in [0.717, 1.165) is 29.0 Å². The van der Waals surface area contributed by atoms with Gasteiger partial charge < -0.3 is 10.6 Å². The van der Waals surface area contributed by atoms with Crippen molar-refractivity contribution in [1.82, 2.24) is 10.3 Å². The van der Waals surface area contributed by atoms with Gasteiger partial charge in [0.05, 0.1) is 15.5 Å². The number of rotatable bonds is 4. The first-order valence-corrected chi connectivity index (χ1v) is 10.2. The lowest BCUT2D eigenvalue weighted by Gasteiger charge is -2.02. The van der Waals surface area contributed by atoms with Crippen LogP contribution in [0.3, 0.4) is 0 Å². The van der Waals surface area contributed by atoms with Crippen molar-refractivity contribution in [2.75, 3.05) is 5.32 Å². The summed E-state index contributed by atoms with van der Waals surface area (Å²) in [5, 5.41) is 6.74. The van der Waals surface area contributed by atoms with E-state index >= 15 is 0 Å². The van der Waals surface area contributed by atoms with E-state index in [9.17, 15) is 9.59 Å². The molecule has 0 radical (unpaired) electrons. The van der Waals surface area contributed by atoms with Crippen LogP contribution in [0.5, 0.6) is 0 Å². The average molecular weight is 399 g/mol. The predicted octanol–water partition coefficient (Wildman–Crippen LogP) is 4.00. The zero-order valence-electron chi connectivity index (χ0n) is 14.9. The van der Waals surface area contributed by atoms with Crippen molar-refractivity contribution in [2.24, 2.45) is 10.9 Å². The summed E-state index contributed by atoms with van der Waals surface area (Å²) in [5.74, 6) is -0.0178. The van der Waals surface area contributed by atoms with E-state index in [1.165, 1.54) is 28.7 Å². The van der Waals surface area contributed by atoms with Crippen LogP contribution in [0.15, 0.2) is 34.3 Å². The molecule has 2 heterocycles. The number of thioether (sulfide) groups is 1. The number of nitrogens with one attached hydrogen (secondary N) is 2. The van der Waals surface area contributed by atoms with Gasteiger partial charge in [-0.2, -0.15) is 0 Å². The molecule has 1 aliphatic carbocycles. The van der Waals surface area contributed by atoms with Crippen molar-refractivity contribution in [1.29, 1.82) is 0 Å². The van der Waals surface area contributed by atoms with Crippen LogP contribution in [-0.4, -0.2) is 22.0 Å². The largest absolute Gasteiger partial charge is 0.302 e. The maximum atomic E-state index is 12.2. The monoisotopic (exact) mass is 398 g/mol. The SMILES string of the molecule is Cc1ccc(/N=C2/NC(=O)/C(=C/c3cnc(NC(=O)C4CC4)s3)S2)c(C)c1. The van der Waals surface area contributed by atoms with Crippen LogP contribution in [0.2, 0.25) is 0 Å². The zero-order chi connectivity index (χ0) is 19.0. The summed E-state index contributed by atoms with van der Waals surface area (Å²) in [6.07, 6.45) is 5.34. The molecule has 138 valence electrons. The van der Waals surface area contributed by atoms with Crippen LogP contribution < -0.4 is 10.6 Å². The molecule has 0 spiro atoms. The number of nitrogens with zero attached hydrogens (tertiary/aromatic N) is 2. The minimum Gasteiger partial charge on any atom is -0.302 e. The van der Waals surface area contributed by atoms with Gasteiger partial charge in [0.2, 0.25) is 5.91 Å². The summed E-state index contributed by atoms with van der Waals surface area (Å²) in [5.41, 5.74) is 3.08. The predicted molar refractivity (Wildman–Crippen MR) is 110 cm³/mol. The van der Waals surface area contributed by atoms with E-state index in [0.29, 0.717) is 15.2 Å². The van der Waals surface area contributed by atoms with E-state index in [1.807, 2.05) is 26.0 Å². The number of aliphatic imine (C=N–C) groups is 1. The lowest BCUT2D eigenvalue weighted by atomic mass is 10.1. The van der Waals surface area contributed by atoms with E-state index in [-0.39, 0.29) is 17.7 Å². The van der Waals surface area contributed by atoms with Crippen molar-refractivity contribution in [3.8, 4) is 0 Å². The molecule has 1 aliphatic heterocycles. The third kappa shape index (κ3) is 4.28. The number of aromatic nitrogens is 1. The van der Waals surface area contributed by atoms with E-state index in [4.69, 9.17) is 0 Å². The van der Waals surface area contributed by atoms with Crippen LogP contribution >= 0.6 is 23.1 Å². The molecule has 2 fully saturated rings. The highest BCUT2D eigenvalue weighted by Gasteiger charge is 2.30. The number of aryl methyl sites for hydroxylation is 2. The molecule has 2 N–H and O–H groups in total. The Balaban J connectivity index is 1.48. The lowest BCUT2D eigenvalue weighted by Crippen LogP contribution is -2.19. The smallest absolute Gasteiger partial charge is 0.264 e. The van der Waals surface area contributed by atoms with Crippen molar-refractivity contribution < 1.29 is 9.59 Å². The number of amides is 2. The van der Waals surface area contributed by atoms with Crippen LogP contribution in [0.4, 0.5) is 10.8 Å². The van der Waals surface area contributed by atoms with Crippen LogP contribution in [-0.2, 0) is 9.59 Å². The Kier molecular flexibility index (Phi) is 4.84. The van der Waals surface area contributed by atoms with Gasteiger partial charge in [-0.1, -0.05) is 29.0 Å². The average Bonchev–Trinajstić information content (AvgIpc) is 3.30. The summed E-state index contributed by atoms with van der Waals surface area (Å²) in [7, 11) is 0. The minimum atomic E-state index is -0.180. The molecule has 1 saturated carbocycles. The Labute approximate surface area is 165 Å². The fraction of sp³-hybridized carbons (Fsp3) is 0.263. The van der Waals surface area contributed by atoms with Crippen LogP contribution in [0, 0.1) is 19.8 Å². The molecule has 27 heavy (non-hydrogen) atoms. The molecule has 2 amide bonds. The maximum Gasteiger partial charge on any atom is 0.264 e. The van der Waals surface area contributed by atoms with Gasteiger partial charge in [0.15, 0.2) is 10.3 Å². The molecule has 0 unspecified atom stereocenters. The van der Waals surface area contributed by atoms with Gasteiger partial charge in [0.1, 0.15) is 0 Å². The number of amidine groups is 1. The van der Waals surface area contributed by atoms with Gasteiger partial charge >= 0.3 is 0 Å². The van der Waals surface area contributed by atoms with Gasteiger partial charge in [-0.25, -0.2) is 9.98 Å².